The van der Waals surface area contributed by atoms with Gasteiger partial charge in [-0.3, -0.25) is 4.79 Å². The fourth-order valence-corrected chi connectivity index (χ4v) is 2.19. The van der Waals surface area contributed by atoms with Crippen molar-refractivity contribution in [2.45, 2.75) is 6.42 Å². The van der Waals surface area contributed by atoms with Gasteiger partial charge in [-0.05, 0) is 35.9 Å². The van der Waals surface area contributed by atoms with Gasteiger partial charge in [-0.2, -0.15) is 5.26 Å². The SMILES string of the molecule is CN(C(=O)Cc1ccc(Cl)c(Cl)c1)c1cccc(C#N)c1. The van der Waals surface area contributed by atoms with E-state index in [1.165, 1.54) is 4.90 Å². The second-order valence-electron chi connectivity index (χ2n) is 4.54. The highest BCUT2D eigenvalue weighted by Crippen LogP contribution is 2.23. The first-order valence-corrected chi connectivity index (χ1v) is 6.97. The van der Waals surface area contributed by atoms with Crippen molar-refractivity contribution in [1.82, 2.24) is 0 Å². The van der Waals surface area contributed by atoms with E-state index in [1.54, 1.807) is 49.5 Å². The quantitative estimate of drug-likeness (QED) is 0.856. The molecule has 0 saturated carbocycles. The van der Waals surface area contributed by atoms with Crippen LogP contribution in [-0.4, -0.2) is 13.0 Å². The van der Waals surface area contributed by atoms with Gasteiger partial charge < -0.3 is 4.90 Å². The third-order valence-electron chi connectivity index (χ3n) is 3.08. The summed E-state index contributed by atoms with van der Waals surface area (Å²) in [5.74, 6) is -0.0940. The molecule has 21 heavy (non-hydrogen) atoms. The summed E-state index contributed by atoms with van der Waals surface area (Å²) < 4.78 is 0. The van der Waals surface area contributed by atoms with Gasteiger partial charge in [0.15, 0.2) is 0 Å². The van der Waals surface area contributed by atoms with Crippen LogP contribution in [0.15, 0.2) is 42.5 Å². The molecule has 0 N–H and O–H groups in total. The van der Waals surface area contributed by atoms with Crippen molar-refractivity contribution in [2.75, 3.05) is 11.9 Å². The smallest absolute Gasteiger partial charge is 0.231 e. The molecule has 2 rings (SSSR count). The standard InChI is InChI=1S/C16H12Cl2N2O/c1-20(13-4-2-3-12(7-13)10-19)16(21)9-11-5-6-14(17)15(18)8-11/h2-8H,9H2,1H3. The van der Waals surface area contributed by atoms with Crippen LogP contribution in [0.2, 0.25) is 10.0 Å². The Morgan fingerprint density at radius 3 is 2.62 bits per heavy atom. The molecule has 0 fully saturated rings. The molecule has 0 aliphatic carbocycles. The summed E-state index contributed by atoms with van der Waals surface area (Å²) in [6.07, 6.45) is 0.212. The number of hydrogen-bond donors (Lipinski definition) is 0. The molecule has 0 aromatic heterocycles. The molecule has 0 aliphatic rings. The number of amides is 1. The fourth-order valence-electron chi connectivity index (χ4n) is 1.87. The lowest BCUT2D eigenvalue weighted by molar-refractivity contribution is -0.117. The lowest BCUT2D eigenvalue weighted by Gasteiger charge is -2.17. The van der Waals surface area contributed by atoms with E-state index in [1.807, 2.05) is 0 Å². The first-order chi connectivity index (χ1) is 10.0. The Morgan fingerprint density at radius 1 is 1.19 bits per heavy atom. The molecule has 0 radical (unpaired) electrons. The van der Waals surface area contributed by atoms with Gasteiger partial charge in [-0.15, -0.1) is 0 Å². The predicted octanol–water partition coefficient (Wildman–Crippen LogP) is 4.07. The molecular weight excluding hydrogens is 307 g/mol. The number of carbonyl (C=O) groups is 1. The van der Waals surface area contributed by atoms with Gasteiger partial charge >= 0.3 is 0 Å². The fraction of sp³-hybridized carbons (Fsp3) is 0.125. The van der Waals surface area contributed by atoms with Crippen molar-refractivity contribution < 1.29 is 4.79 Å². The Kier molecular flexibility index (Phi) is 4.85. The average molecular weight is 319 g/mol. The van der Waals surface area contributed by atoms with Crippen LogP contribution in [0.3, 0.4) is 0 Å². The van der Waals surface area contributed by atoms with Crippen LogP contribution in [-0.2, 0) is 11.2 Å². The minimum Gasteiger partial charge on any atom is -0.315 e. The normalized spacial score (nSPS) is 10.0. The van der Waals surface area contributed by atoms with Gasteiger partial charge in [-0.25, -0.2) is 0 Å². The Balaban J connectivity index is 2.15. The van der Waals surface area contributed by atoms with E-state index in [9.17, 15) is 4.79 Å². The van der Waals surface area contributed by atoms with Crippen molar-refractivity contribution >= 4 is 34.8 Å². The van der Waals surface area contributed by atoms with E-state index >= 15 is 0 Å². The molecule has 2 aromatic carbocycles. The van der Waals surface area contributed by atoms with Crippen LogP contribution in [0.1, 0.15) is 11.1 Å². The molecule has 1 amide bonds. The molecule has 106 valence electrons. The molecule has 0 aliphatic heterocycles. The van der Waals surface area contributed by atoms with Crippen molar-refractivity contribution in [2.24, 2.45) is 0 Å². The largest absolute Gasteiger partial charge is 0.315 e. The summed E-state index contributed by atoms with van der Waals surface area (Å²) in [6.45, 7) is 0. The lowest BCUT2D eigenvalue weighted by atomic mass is 10.1. The summed E-state index contributed by atoms with van der Waals surface area (Å²) in [7, 11) is 1.68. The number of benzene rings is 2. The summed E-state index contributed by atoms with van der Waals surface area (Å²) in [5.41, 5.74) is 1.98. The van der Waals surface area contributed by atoms with E-state index < -0.39 is 0 Å². The van der Waals surface area contributed by atoms with Gasteiger partial charge in [0.05, 0.1) is 28.1 Å². The van der Waals surface area contributed by atoms with Gasteiger partial charge in [0.2, 0.25) is 5.91 Å². The number of rotatable bonds is 3. The second-order valence-corrected chi connectivity index (χ2v) is 5.35. The highest BCUT2D eigenvalue weighted by molar-refractivity contribution is 6.42. The number of nitriles is 1. The van der Waals surface area contributed by atoms with E-state index in [0.717, 1.165) is 5.56 Å². The van der Waals surface area contributed by atoms with Crippen LogP contribution >= 0.6 is 23.2 Å². The maximum absolute atomic E-state index is 12.3. The molecule has 2 aromatic rings. The Morgan fingerprint density at radius 2 is 1.95 bits per heavy atom. The predicted molar refractivity (Wildman–Crippen MR) is 84.7 cm³/mol. The van der Waals surface area contributed by atoms with Crippen molar-refractivity contribution in [3.63, 3.8) is 0 Å². The van der Waals surface area contributed by atoms with Gasteiger partial charge in [0.25, 0.3) is 0 Å². The molecule has 0 spiro atoms. The van der Waals surface area contributed by atoms with Crippen LogP contribution in [0.5, 0.6) is 0 Å². The van der Waals surface area contributed by atoms with Crippen LogP contribution in [0.4, 0.5) is 5.69 Å². The Hall–Kier alpha value is -2.02. The first kappa shape index (κ1) is 15.4. The first-order valence-electron chi connectivity index (χ1n) is 6.22. The van der Waals surface area contributed by atoms with E-state index in [4.69, 9.17) is 28.5 Å². The zero-order chi connectivity index (χ0) is 15.4. The zero-order valence-corrected chi connectivity index (χ0v) is 12.8. The third kappa shape index (κ3) is 3.75. The molecule has 0 saturated heterocycles. The monoisotopic (exact) mass is 318 g/mol. The molecule has 0 bridgehead atoms. The molecule has 0 heterocycles. The maximum atomic E-state index is 12.3. The highest BCUT2D eigenvalue weighted by atomic mass is 35.5. The van der Waals surface area contributed by atoms with E-state index in [-0.39, 0.29) is 12.3 Å². The highest BCUT2D eigenvalue weighted by Gasteiger charge is 2.13. The van der Waals surface area contributed by atoms with Gasteiger partial charge in [0.1, 0.15) is 0 Å². The molecule has 3 nitrogen and oxygen atoms in total. The minimum atomic E-state index is -0.0940. The second kappa shape index (κ2) is 6.62. The van der Waals surface area contributed by atoms with Crippen LogP contribution in [0.25, 0.3) is 0 Å². The Labute approximate surface area is 133 Å². The zero-order valence-electron chi connectivity index (χ0n) is 11.3. The minimum absolute atomic E-state index is 0.0940. The summed E-state index contributed by atoms with van der Waals surface area (Å²) >= 11 is 11.8. The van der Waals surface area contributed by atoms with E-state index in [0.29, 0.717) is 21.3 Å². The van der Waals surface area contributed by atoms with Crippen LogP contribution in [0, 0.1) is 11.3 Å². The number of nitrogens with zero attached hydrogens (tertiary/aromatic N) is 2. The topological polar surface area (TPSA) is 44.1 Å². The average Bonchev–Trinajstić information content (AvgIpc) is 2.50. The van der Waals surface area contributed by atoms with Crippen molar-refractivity contribution in [3.8, 4) is 6.07 Å². The van der Waals surface area contributed by atoms with Crippen LogP contribution < -0.4 is 4.90 Å². The molecular formula is C16H12Cl2N2O. The van der Waals surface area contributed by atoms with Gasteiger partial charge in [0, 0.05) is 12.7 Å². The Bertz CT molecular complexity index is 722. The number of hydrogen-bond acceptors (Lipinski definition) is 2. The maximum Gasteiger partial charge on any atom is 0.231 e. The summed E-state index contributed by atoms with van der Waals surface area (Å²) in [4.78, 5) is 13.8. The molecule has 5 heteroatoms. The third-order valence-corrected chi connectivity index (χ3v) is 3.82. The van der Waals surface area contributed by atoms with Crippen molar-refractivity contribution in [3.05, 3.63) is 63.6 Å². The molecule has 0 unspecified atom stereocenters. The van der Waals surface area contributed by atoms with Gasteiger partial charge in [-0.1, -0.05) is 35.3 Å². The molecule has 0 atom stereocenters. The number of likely N-dealkylation sites (N-methyl/N-ethyl adjacent to an activating group) is 1. The summed E-state index contributed by atoms with van der Waals surface area (Å²) in [6, 6.07) is 14.1. The lowest BCUT2D eigenvalue weighted by Crippen LogP contribution is -2.27. The van der Waals surface area contributed by atoms with E-state index in [2.05, 4.69) is 6.07 Å². The van der Waals surface area contributed by atoms with Crippen molar-refractivity contribution in [1.29, 1.82) is 5.26 Å². The number of anilines is 1. The number of carbonyl (C=O) groups excluding carboxylic acids is 1. The number of halogens is 2. The summed E-state index contributed by atoms with van der Waals surface area (Å²) in [5, 5.41) is 9.78.